The molecule has 0 unspecified atom stereocenters. The molecule has 0 bridgehead atoms. The number of quaternary nitrogens is 2. The Kier molecular flexibility index (Phi) is 8.02. The van der Waals surface area contributed by atoms with Crippen LogP contribution >= 0.6 is 11.6 Å². The molecule has 0 heterocycles. The number of carboxylic acids is 1. The molecular weight excluding hydrogens is 318 g/mol. The molecule has 1 aromatic carbocycles. The zero-order valence-corrected chi connectivity index (χ0v) is 14.6. The van der Waals surface area contributed by atoms with Gasteiger partial charge in [0.15, 0.2) is 0 Å². The lowest BCUT2D eigenvalue weighted by molar-refractivity contribution is -0.860. The van der Waals surface area contributed by atoms with Crippen LogP contribution in [0.3, 0.4) is 0 Å². The summed E-state index contributed by atoms with van der Waals surface area (Å²) in [6, 6.07) is 4.29. The largest absolute Gasteiger partial charge is 0.544 e. The molecular formula is C16H25ClN3O3+. The van der Waals surface area contributed by atoms with E-state index >= 15 is 0 Å². The molecule has 7 heteroatoms. The summed E-state index contributed by atoms with van der Waals surface area (Å²) in [5.41, 5.74) is 1.47. The Morgan fingerprint density at radius 2 is 2.09 bits per heavy atom. The quantitative estimate of drug-likeness (QED) is 0.462. The van der Waals surface area contributed by atoms with Gasteiger partial charge in [-0.3, -0.25) is 4.79 Å². The smallest absolute Gasteiger partial charge is 0.230 e. The maximum Gasteiger partial charge on any atom is 0.230 e. The third-order valence-electron chi connectivity index (χ3n) is 3.50. The number of aliphatic carboxylic acids is 1. The first kappa shape index (κ1) is 19.4. The average Bonchev–Trinajstić information content (AvgIpc) is 2.45. The summed E-state index contributed by atoms with van der Waals surface area (Å²) in [6.07, 6.45) is 0.740. The molecule has 0 saturated carbocycles. The van der Waals surface area contributed by atoms with Crippen molar-refractivity contribution >= 4 is 29.2 Å². The summed E-state index contributed by atoms with van der Waals surface area (Å²) in [6.45, 7) is 3.46. The number of benzene rings is 1. The van der Waals surface area contributed by atoms with Crippen molar-refractivity contribution in [3.05, 3.63) is 28.8 Å². The van der Waals surface area contributed by atoms with Crippen molar-refractivity contribution in [3.63, 3.8) is 0 Å². The van der Waals surface area contributed by atoms with E-state index in [2.05, 4.69) is 5.32 Å². The monoisotopic (exact) mass is 342 g/mol. The highest BCUT2D eigenvalue weighted by Crippen LogP contribution is 2.19. The number of rotatable bonds is 9. The summed E-state index contributed by atoms with van der Waals surface area (Å²) >= 11 is 6.00. The zero-order chi connectivity index (χ0) is 17.4. The molecule has 1 amide bonds. The van der Waals surface area contributed by atoms with Crippen LogP contribution in [0.2, 0.25) is 5.02 Å². The van der Waals surface area contributed by atoms with Crippen LogP contribution in [0.4, 0.5) is 5.69 Å². The normalized spacial score (nSPS) is 12.2. The zero-order valence-electron chi connectivity index (χ0n) is 13.8. The number of nitrogens with one attached hydrogen (secondary N) is 2. The summed E-state index contributed by atoms with van der Waals surface area (Å²) in [5, 5.41) is 16.0. The van der Waals surface area contributed by atoms with Crippen LogP contribution in [-0.4, -0.2) is 45.1 Å². The summed E-state index contributed by atoms with van der Waals surface area (Å²) in [4.78, 5) is 24.5. The summed E-state index contributed by atoms with van der Waals surface area (Å²) < 4.78 is 0. The van der Waals surface area contributed by atoms with Crippen LogP contribution in [0.25, 0.3) is 0 Å². The van der Waals surface area contributed by atoms with Gasteiger partial charge in [-0.05, 0) is 24.6 Å². The van der Waals surface area contributed by atoms with E-state index in [1.165, 1.54) is 4.90 Å². The van der Waals surface area contributed by atoms with E-state index in [0.717, 1.165) is 18.5 Å². The third-order valence-corrected chi connectivity index (χ3v) is 3.90. The van der Waals surface area contributed by atoms with Crippen molar-refractivity contribution in [1.82, 2.24) is 0 Å². The van der Waals surface area contributed by atoms with Gasteiger partial charge in [0.1, 0.15) is 6.04 Å². The molecule has 0 aliphatic rings. The Bertz CT molecular complexity index is 549. The number of hydrogen-bond donors (Lipinski definition) is 3. The number of carboxylic acid groups (broad SMARTS) is 1. The Balaban J connectivity index is 2.50. The fraction of sp³-hybridized carbons (Fsp3) is 0.500. The Morgan fingerprint density at radius 1 is 1.39 bits per heavy atom. The van der Waals surface area contributed by atoms with Crippen molar-refractivity contribution in [1.29, 1.82) is 0 Å². The first-order valence-electron chi connectivity index (χ1n) is 7.69. The minimum Gasteiger partial charge on any atom is -0.544 e. The molecule has 1 atom stereocenters. The number of anilines is 1. The van der Waals surface area contributed by atoms with Gasteiger partial charge in [0.05, 0.1) is 39.6 Å². The van der Waals surface area contributed by atoms with E-state index in [1.54, 1.807) is 23.5 Å². The van der Waals surface area contributed by atoms with Crippen LogP contribution < -0.4 is 20.6 Å². The maximum absolute atomic E-state index is 12.0. The molecule has 0 fully saturated rings. The number of hydrogen-bond acceptors (Lipinski definition) is 3. The van der Waals surface area contributed by atoms with Crippen LogP contribution in [0.1, 0.15) is 18.4 Å². The van der Waals surface area contributed by atoms with E-state index in [9.17, 15) is 14.7 Å². The van der Waals surface area contributed by atoms with Gasteiger partial charge < -0.3 is 25.4 Å². The van der Waals surface area contributed by atoms with E-state index in [0.29, 0.717) is 17.3 Å². The minimum atomic E-state index is -1.22. The van der Waals surface area contributed by atoms with Crippen LogP contribution in [0.5, 0.6) is 0 Å². The average molecular weight is 343 g/mol. The predicted molar refractivity (Wildman–Crippen MR) is 87.3 cm³/mol. The van der Waals surface area contributed by atoms with Crippen LogP contribution in [0.15, 0.2) is 18.2 Å². The van der Waals surface area contributed by atoms with Crippen LogP contribution in [0, 0.1) is 6.92 Å². The van der Waals surface area contributed by atoms with E-state index < -0.39 is 12.0 Å². The van der Waals surface area contributed by atoms with Gasteiger partial charge in [-0.15, -0.1) is 0 Å². The molecule has 0 aliphatic carbocycles. The Hall–Kier alpha value is -1.63. The molecule has 0 spiro atoms. The highest BCUT2D eigenvalue weighted by atomic mass is 35.5. The van der Waals surface area contributed by atoms with Gasteiger partial charge in [0, 0.05) is 17.1 Å². The van der Waals surface area contributed by atoms with Crippen molar-refractivity contribution < 1.29 is 24.9 Å². The molecule has 0 aromatic heterocycles. The van der Waals surface area contributed by atoms with Crippen LogP contribution in [-0.2, 0) is 9.59 Å². The van der Waals surface area contributed by atoms with Gasteiger partial charge in [-0.2, -0.15) is 0 Å². The number of nitrogens with two attached hydrogens (primary N) is 1. The molecule has 0 saturated heterocycles. The number of halogens is 1. The fourth-order valence-corrected chi connectivity index (χ4v) is 2.30. The number of carbonyl (C=O) groups excluding carboxylic acids is 2. The molecule has 23 heavy (non-hydrogen) atoms. The third kappa shape index (κ3) is 7.45. The lowest BCUT2D eigenvalue weighted by atomic mass is 10.1. The molecule has 4 N–H and O–H groups in total. The van der Waals surface area contributed by atoms with Gasteiger partial charge >= 0.3 is 0 Å². The van der Waals surface area contributed by atoms with Crippen molar-refractivity contribution in [2.24, 2.45) is 0 Å². The number of carbonyl (C=O) groups is 2. The summed E-state index contributed by atoms with van der Waals surface area (Å²) in [7, 11) is 4.08. The highest BCUT2D eigenvalue weighted by molar-refractivity contribution is 6.31. The second kappa shape index (κ2) is 9.50. The molecule has 6 nitrogen and oxygen atoms in total. The van der Waals surface area contributed by atoms with Crippen molar-refractivity contribution in [2.75, 3.05) is 32.5 Å². The molecule has 0 aliphatic heterocycles. The Labute approximate surface area is 141 Å². The number of aryl methyl sites for hydroxylation is 1. The highest BCUT2D eigenvalue weighted by Gasteiger charge is 2.18. The first-order valence-corrected chi connectivity index (χ1v) is 8.06. The second-order valence-electron chi connectivity index (χ2n) is 5.98. The Morgan fingerprint density at radius 3 is 2.65 bits per heavy atom. The van der Waals surface area contributed by atoms with Crippen molar-refractivity contribution in [2.45, 2.75) is 25.8 Å². The standard InChI is InChI=1S/C16H24ClN3O3/c1-11-5-6-12(9-13(11)17)19-15(21)10-14(16(22)23)18-7-4-8-20(2)3/h5-6,9,14,18H,4,7-8,10H2,1-3H3,(H,19,21)(H,22,23)/p+1/t14-/m0/s1. The minimum absolute atomic E-state index is 0.136. The predicted octanol–water partition coefficient (Wildman–Crippen LogP) is -1.81. The SMILES string of the molecule is Cc1ccc(NC(=O)C[C@H]([NH2+]CCC[NH+](C)C)C(=O)[O-])cc1Cl. The summed E-state index contributed by atoms with van der Waals surface area (Å²) in [5.74, 6) is -1.59. The lowest BCUT2D eigenvalue weighted by Crippen LogP contribution is -3.06. The molecule has 0 radical (unpaired) electrons. The fourth-order valence-electron chi connectivity index (χ4n) is 2.12. The topological polar surface area (TPSA) is 90.3 Å². The van der Waals surface area contributed by atoms with Gasteiger partial charge in [0.2, 0.25) is 5.91 Å². The maximum atomic E-state index is 12.0. The van der Waals surface area contributed by atoms with Gasteiger partial charge in [-0.1, -0.05) is 17.7 Å². The number of amides is 1. The van der Waals surface area contributed by atoms with E-state index in [1.807, 2.05) is 21.0 Å². The molecule has 1 aromatic rings. The molecule has 128 valence electrons. The van der Waals surface area contributed by atoms with E-state index in [4.69, 9.17) is 11.6 Å². The first-order chi connectivity index (χ1) is 10.8. The van der Waals surface area contributed by atoms with Crippen molar-refractivity contribution in [3.8, 4) is 0 Å². The van der Waals surface area contributed by atoms with Gasteiger partial charge in [-0.25, -0.2) is 0 Å². The van der Waals surface area contributed by atoms with E-state index in [-0.39, 0.29) is 12.3 Å². The van der Waals surface area contributed by atoms with Gasteiger partial charge in [0.25, 0.3) is 0 Å². The molecule has 1 rings (SSSR count). The lowest BCUT2D eigenvalue weighted by Gasteiger charge is -2.17. The second-order valence-corrected chi connectivity index (χ2v) is 6.38.